The van der Waals surface area contributed by atoms with Gasteiger partial charge in [-0.2, -0.15) is 9.78 Å². The molecule has 12 nitrogen and oxygen atoms in total. The zero-order valence-corrected chi connectivity index (χ0v) is 13.0. The highest BCUT2D eigenvalue weighted by molar-refractivity contribution is 5.76. The Bertz CT molecular complexity index is 794. The van der Waals surface area contributed by atoms with Gasteiger partial charge in [-0.1, -0.05) is 0 Å². The van der Waals surface area contributed by atoms with Crippen LogP contribution < -0.4 is 5.32 Å². The van der Waals surface area contributed by atoms with Gasteiger partial charge < -0.3 is 15.4 Å². The zero-order chi connectivity index (χ0) is 17.9. The lowest BCUT2D eigenvalue weighted by atomic mass is 10.3. The number of carbonyl (C=O) groups excluding carboxylic acids is 1. The van der Waals surface area contributed by atoms with Gasteiger partial charge in [-0.15, -0.1) is 0 Å². The molecule has 2 heterocycles. The van der Waals surface area contributed by atoms with Crippen LogP contribution in [0.5, 0.6) is 0 Å². The summed E-state index contributed by atoms with van der Waals surface area (Å²) in [6.07, 6.45) is 3.38. The van der Waals surface area contributed by atoms with Crippen LogP contribution in [0.3, 0.4) is 0 Å². The molecule has 0 bridgehead atoms. The number of carbonyl (C=O) groups is 1. The van der Waals surface area contributed by atoms with Crippen molar-refractivity contribution in [3.05, 3.63) is 43.9 Å². The number of rotatable bonds is 7. The summed E-state index contributed by atoms with van der Waals surface area (Å²) in [5.41, 5.74) is 0.0250. The van der Waals surface area contributed by atoms with Gasteiger partial charge in [0.2, 0.25) is 5.91 Å². The summed E-state index contributed by atoms with van der Waals surface area (Å²) < 4.78 is 2.65. The van der Waals surface area contributed by atoms with E-state index in [4.69, 9.17) is 0 Å². The summed E-state index contributed by atoms with van der Waals surface area (Å²) in [5, 5.41) is 32.0. The van der Waals surface area contributed by atoms with Gasteiger partial charge in [0.05, 0.1) is 16.2 Å². The number of hydrogen-bond acceptors (Lipinski definition) is 7. The number of nitrogens with zero attached hydrogens (tertiary/aromatic N) is 6. The minimum atomic E-state index is -0.946. The minimum Gasteiger partial charge on any atom is -0.358 e. The summed E-state index contributed by atoms with van der Waals surface area (Å²) in [5.74, 6) is -1.36. The van der Waals surface area contributed by atoms with E-state index < -0.39 is 27.3 Å². The molecule has 128 valence electrons. The maximum Gasteiger partial charge on any atom is 0.468 e. The first-order valence-electron chi connectivity index (χ1n) is 6.97. The molecule has 0 atom stereocenters. The van der Waals surface area contributed by atoms with Crippen LogP contribution in [0.15, 0.2) is 12.4 Å². The number of aryl methyl sites for hydroxylation is 1. The lowest BCUT2D eigenvalue weighted by Gasteiger charge is -2.02. The molecule has 0 radical (unpaired) electrons. The number of amides is 1. The Morgan fingerprint density at radius 1 is 1.33 bits per heavy atom. The van der Waals surface area contributed by atoms with Gasteiger partial charge in [0.15, 0.2) is 0 Å². The highest BCUT2D eigenvalue weighted by Gasteiger charge is 2.35. The van der Waals surface area contributed by atoms with Crippen LogP contribution in [0, 0.1) is 27.2 Å². The highest BCUT2D eigenvalue weighted by Crippen LogP contribution is 2.28. The molecule has 1 amide bonds. The third kappa shape index (κ3) is 3.53. The smallest absolute Gasteiger partial charge is 0.358 e. The highest BCUT2D eigenvalue weighted by atomic mass is 16.6. The van der Waals surface area contributed by atoms with Crippen LogP contribution in [0.1, 0.15) is 18.2 Å². The molecule has 24 heavy (non-hydrogen) atoms. The predicted octanol–water partition coefficient (Wildman–Crippen LogP) is 0.541. The SMILES string of the molecule is CCn1cc(CNC(=O)Cn2nc([N+](=O)[O-])c([N+](=O)[O-])c2C)cn1. The van der Waals surface area contributed by atoms with E-state index in [1.165, 1.54) is 6.92 Å². The van der Waals surface area contributed by atoms with Crippen molar-refractivity contribution in [3.8, 4) is 0 Å². The van der Waals surface area contributed by atoms with E-state index in [2.05, 4.69) is 15.5 Å². The van der Waals surface area contributed by atoms with Gasteiger partial charge in [-0.05, 0) is 18.8 Å². The fourth-order valence-corrected chi connectivity index (χ4v) is 2.07. The quantitative estimate of drug-likeness (QED) is 0.571. The first kappa shape index (κ1) is 17.1. The number of nitro groups is 2. The topological polar surface area (TPSA) is 151 Å². The Hall–Kier alpha value is -3.31. The molecule has 0 unspecified atom stereocenters. The summed E-state index contributed by atoms with van der Waals surface area (Å²) >= 11 is 0. The standard InChI is InChI=1S/C12H15N7O5/c1-3-16-6-9(5-14-16)4-13-10(20)7-17-8(2)11(18(21)22)12(15-17)19(23)24/h5-6H,3-4,7H2,1-2H3,(H,13,20). The largest absolute Gasteiger partial charge is 0.468 e. The number of nitrogens with one attached hydrogen (secondary N) is 1. The minimum absolute atomic E-state index is 0.0550. The van der Waals surface area contributed by atoms with E-state index in [0.717, 1.165) is 10.2 Å². The summed E-state index contributed by atoms with van der Waals surface area (Å²) in [4.78, 5) is 31.9. The van der Waals surface area contributed by atoms with Crippen molar-refractivity contribution in [2.24, 2.45) is 0 Å². The van der Waals surface area contributed by atoms with Crippen molar-refractivity contribution in [3.63, 3.8) is 0 Å². The van der Waals surface area contributed by atoms with Crippen molar-refractivity contribution in [2.75, 3.05) is 0 Å². The molecular formula is C12H15N7O5. The molecule has 2 aromatic heterocycles. The maximum atomic E-state index is 11.9. The Kier molecular flexibility index (Phi) is 4.87. The summed E-state index contributed by atoms with van der Waals surface area (Å²) in [6.45, 7) is 3.80. The molecule has 0 spiro atoms. The fraction of sp³-hybridized carbons (Fsp3) is 0.417. The molecule has 0 aliphatic carbocycles. The van der Waals surface area contributed by atoms with Gasteiger partial charge in [-0.25, -0.2) is 0 Å². The Morgan fingerprint density at radius 2 is 2.04 bits per heavy atom. The monoisotopic (exact) mass is 337 g/mol. The Morgan fingerprint density at radius 3 is 2.54 bits per heavy atom. The van der Waals surface area contributed by atoms with Crippen molar-refractivity contribution in [1.29, 1.82) is 0 Å². The molecule has 1 N–H and O–H groups in total. The lowest BCUT2D eigenvalue weighted by Crippen LogP contribution is -2.27. The first-order chi connectivity index (χ1) is 11.3. The van der Waals surface area contributed by atoms with E-state index in [0.29, 0.717) is 6.54 Å². The van der Waals surface area contributed by atoms with E-state index in [9.17, 15) is 25.0 Å². The molecule has 0 aromatic carbocycles. The van der Waals surface area contributed by atoms with Gasteiger partial charge in [-0.3, -0.25) is 19.6 Å². The van der Waals surface area contributed by atoms with Crippen molar-refractivity contribution >= 4 is 17.4 Å². The Balaban J connectivity index is 2.07. The van der Waals surface area contributed by atoms with Gasteiger partial charge in [0.25, 0.3) is 0 Å². The maximum absolute atomic E-state index is 11.9. The number of aromatic nitrogens is 4. The molecule has 2 aromatic rings. The van der Waals surface area contributed by atoms with E-state index >= 15 is 0 Å². The number of hydrogen-bond donors (Lipinski definition) is 1. The second-order valence-electron chi connectivity index (χ2n) is 4.91. The van der Waals surface area contributed by atoms with Crippen molar-refractivity contribution in [1.82, 2.24) is 24.9 Å². The van der Waals surface area contributed by atoms with Crippen molar-refractivity contribution in [2.45, 2.75) is 33.5 Å². The van der Waals surface area contributed by atoms with E-state index in [1.807, 2.05) is 6.92 Å². The average molecular weight is 337 g/mol. The third-order valence-corrected chi connectivity index (χ3v) is 3.31. The second-order valence-corrected chi connectivity index (χ2v) is 4.91. The first-order valence-corrected chi connectivity index (χ1v) is 6.97. The zero-order valence-electron chi connectivity index (χ0n) is 13.0. The summed E-state index contributed by atoms with van der Waals surface area (Å²) in [7, 11) is 0. The van der Waals surface area contributed by atoms with Gasteiger partial charge >= 0.3 is 11.5 Å². The molecule has 0 saturated carbocycles. The van der Waals surface area contributed by atoms with Crippen LogP contribution in [0.4, 0.5) is 11.5 Å². The van der Waals surface area contributed by atoms with Crippen molar-refractivity contribution < 1.29 is 14.6 Å². The average Bonchev–Trinajstić information content (AvgIpc) is 3.10. The third-order valence-electron chi connectivity index (χ3n) is 3.31. The normalized spacial score (nSPS) is 10.6. The van der Waals surface area contributed by atoms with Crippen LogP contribution in [-0.4, -0.2) is 35.3 Å². The molecule has 2 rings (SSSR count). The molecule has 0 aliphatic heterocycles. The second kappa shape index (κ2) is 6.85. The Labute approximate surface area is 135 Å². The van der Waals surface area contributed by atoms with Gasteiger partial charge in [0, 0.05) is 24.8 Å². The molecular weight excluding hydrogens is 322 g/mol. The lowest BCUT2D eigenvalue weighted by molar-refractivity contribution is -0.424. The summed E-state index contributed by atoms with van der Waals surface area (Å²) in [6, 6.07) is 0. The van der Waals surface area contributed by atoms with E-state index in [1.54, 1.807) is 17.1 Å². The fourth-order valence-electron chi connectivity index (χ4n) is 2.07. The van der Waals surface area contributed by atoms with Crippen LogP contribution in [0.25, 0.3) is 0 Å². The van der Waals surface area contributed by atoms with Crippen LogP contribution in [0.2, 0.25) is 0 Å². The van der Waals surface area contributed by atoms with Gasteiger partial charge in [0.1, 0.15) is 12.2 Å². The molecule has 0 aliphatic rings. The van der Waals surface area contributed by atoms with Crippen LogP contribution >= 0.6 is 0 Å². The molecule has 0 saturated heterocycles. The predicted molar refractivity (Wildman–Crippen MR) is 80.0 cm³/mol. The molecule has 0 fully saturated rings. The van der Waals surface area contributed by atoms with E-state index in [-0.39, 0.29) is 18.8 Å². The molecule has 12 heteroatoms. The van der Waals surface area contributed by atoms with Crippen LogP contribution in [-0.2, 0) is 24.4 Å².